The number of benzene rings is 2. The second kappa shape index (κ2) is 8.12. The van der Waals surface area contributed by atoms with Gasteiger partial charge in [-0.05, 0) is 49.9 Å². The van der Waals surface area contributed by atoms with Gasteiger partial charge in [-0.3, -0.25) is 0 Å². The Balaban J connectivity index is 1.40. The summed E-state index contributed by atoms with van der Waals surface area (Å²) in [5, 5.41) is 7.37. The largest absolute Gasteiger partial charge is 0.496 e. The van der Waals surface area contributed by atoms with Crippen LogP contribution < -0.4 is 14.8 Å². The fourth-order valence-electron chi connectivity index (χ4n) is 3.32. The van der Waals surface area contributed by atoms with E-state index in [0.717, 1.165) is 35.6 Å². The molecular weight excluding hydrogens is 342 g/mol. The maximum Gasteiger partial charge on any atom is 0.246 e. The third-order valence-electron chi connectivity index (χ3n) is 4.70. The molecular formula is C21H23N3O3. The van der Waals surface area contributed by atoms with Crippen molar-refractivity contribution in [2.24, 2.45) is 0 Å². The van der Waals surface area contributed by atoms with Crippen LogP contribution in [0.15, 0.2) is 53.1 Å². The van der Waals surface area contributed by atoms with Gasteiger partial charge >= 0.3 is 0 Å². The number of hydrogen-bond acceptors (Lipinski definition) is 6. The van der Waals surface area contributed by atoms with Crippen LogP contribution in [0.25, 0.3) is 11.4 Å². The highest BCUT2D eigenvalue weighted by atomic mass is 16.5. The number of para-hydroxylation sites is 1. The molecule has 0 amide bonds. The van der Waals surface area contributed by atoms with Gasteiger partial charge in [-0.2, -0.15) is 4.98 Å². The number of nitrogens with zero attached hydrogens (tertiary/aromatic N) is 2. The maximum atomic E-state index is 6.05. The molecule has 0 aliphatic heterocycles. The van der Waals surface area contributed by atoms with Gasteiger partial charge in [0.2, 0.25) is 11.7 Å². The van der Waals surface area contributed by atoms with Crippen molar-refractivity contribution in [3.05, 3.63) is 54.4 Å². The maximum absolute atomic E-state index is 6.05. The first kappa shape index (κ1) is 17.4. The van der Waals surface area contributed by atoms with Gasteiger partial charge in [0.25, 0.3) is 0 Å². The summed E-state index contributed by atoms with van der Waals surface area (Å²) in [4.78, 5) is 4.46. The van der Waals surface area contributed by atoms with Crippen molar-refractivity contribution in [1.82, 2.24) is 10.1 Å². The molecule has 0 spiro atoms. The zero-order chi connectivity index (χ0) is 18.5. The number of nitrogens with one attached hydrogen (secondary N) is 1. The van der Waals surface area contributed by atoms with Crippen molar-refractivity contribution < 1.29 is 14.0 Å². The Morgan fingerprint density at radius 3 is 2.81 bits per heavy atom. The van der Waals surface area contributed by atoms with E-state index in [1.54, 1.807) is 7.11 Å². The number of rotatable bonds is 7. The SMILES string of the molecule is COc1ccccc1-c1noc(CNc2cccc(OC3CCCC3)c2)n1. The normalized spacial score (nSPS) is 14.3. The van der Waals surface area contributed by atoms with E-state index in [9.17, 15) is 0 Å². The lowest BCUT2D eigenvalue weighted by Gasteiger charge is -2.14. The molecule has 1 aliphatic carbocycles. The predicted octanol–water partition coefficient (Wildman–Crippen LogP) is 4.68. The first-order valence-corrected chi connectivity index (χ1v) is 9.28. The number of aromatic nitrogens is 2. The Morgan fingerprint density at radius 2 is 1.96 bits per heavy atom. The molecule has 1 fully saturated rings. The van der Waals surface area contributed by atoms with E-state index in [2.05, 4.69) is 15.5 Å². The van der Waals surface area contributed by atoms with Crippen LogP contribution in [-0.2, 0) is 6.54 Å². The molecule has 27 heavy (non-hydrogen) atoms. The summed E-state index contributed by atoms with van der Waals surface area (Å²) >= 11 is 0. The van der Waals surface area contributed by atoms with Crippen LogP contribution in [-0.4, -0.2) is 23.4 Å². The Morgan fingerprint density at radius 1 is 1.11 bits per heavy atom. The average molecular weight is 365 g/mol. The first-order valence-electron chi connectivity index (χ1n) is 9.28. The van der Waals surface area contributed by atoms with Crippen molar-refractivity contribution in [2.75, 3.05) is 12.4 Å². The lowest BCUT2D eigenvalue weighted by Crippen LogP contribution is -2.11. The second-order valence-electron chi connectivity index (χ2n) is 6.62. The average Bonchev–Trinajstić information content (AvgIpc) is 3.39. The van der Waals surface area contributed by atoms with Gasteiger partial charge in [0.05, 0.1) is 25.3 Å². The molecule has 1 N–H and O–H groups in total. The topological polar surface area (TPSA) is 69.4 Å². The quantitative estimate of drug-likeness (QED) is 0.656. The van der Waals surface area contributed by atoms with E-state index in [1.807, 2.05) is 48.5 Å². The molecule has 6 heteroatoms. The third kappa shape index (κ3) is 4.22. The Bertz CT molecular complexity index is 888. The molecule has 1 aliphatic rings. The summed E-state index contributed by atoms with van der Waals surface area (Å²) in [6.45, 7) is 0.440. The standard InChI is InChI=1S/C21H23N3O3/c1-25-19-12-5-4-11-18(19)21-23-20(27-24-21)14-22-15-7-6-10-17(13-15)26-16-8-2-3-9-16/h4-7,10-13,16,22H,2-3,8-9,14H2,1H3. The third-order valence-corrected chi connectivity index (χ3v) is 4.70. The first-order chi connectivity index (χ1) is 13.3. The van der Waals surface area contributed by atoms with Gasteiger partial charge in [-0.15, -0.1) is 0 Å². The van der Waals surface area contributed by atoms with Gasteiger partial charge < -0.3 is 19.3 Å². The minimum atomic E-state index is 0.347. The highest BCUT2D eigenvalue weighted by molar-refractivity contribution is 5.63. The molecule has 1 aromatic heterocycles. The van der Waals surface area contributed by atoms with Crippen LogP contribution in [0.3, 0.4) is 0 Å². The molecule has 3 aromatic rings. The number of ether oxygens (including phenoxy) is 2. The zero-order valence-corrected chi connectivity index (χ0v) is 15.4. The van der Waals surface area contributed by atoms with Gasteiger partial charge in [0, 0.05) is 11.8 Å². The summed E-state index contributed by atoms with van der Waals surface area (Å²) in [6.07, 6.45) is 5.15. The minimum absolute atomic E-state index is 0.347. The van der Waals surface area contributed by atoms with Crippen LogP contribution in [0.2, 0.25) is 0 Å². The lowest BCUT2D eigenvalue weighted by atomic mass is 10.2. The highest BCUT2D eigenvalue weighted by Gasteiger charge is 2.16. The molecule has 6 nitrogen and oxygen atoms in total. The molecule has 0 saturated heterocycles. The van der Waals surface area contributed by atoms with E-state index in [4.69, 9.17) is 14.0 Å². The van der Waals surface area contributed by atoms with Crippen LogP contribution >= 0.6 is 0 Å². The highest BCUT2D eigenvalue weighted by Crippen LogP contribution is 2.28. The molecule has 0 atom stereocenters. The molecule has 2 aromatic carbocycles. The van der Waals surface area contributed by atoms with E-state index in [1.165, 1.54) is 12.8 Å². The zero-order valence-electron chi connectivity index (χ0n) is 15.4. The molecule has 1 heterocycles. The Hall–Kier alpha value is -3.02. The molecule has 4 rings (SSSR count). The molecule has 0 bridgehead atoms. The Kier molecular flexibility index (Phi) is 5.23. The number of anilines is 1. The second-order valence-corrected chi connectivity index (χ2v) is 6.62. The van der Waals surface area contributed by atoms with Gasteiger partial charge in [-0.25, -0.2) is 0 Å². The van der Waals surface area contributed by atoms with Crippen molar-refractivity contribution in [2.45, 2.75) is 38.3 Å². The van der Waals surface area contributed by atoms with Crippen LogP contribution in [0, 0.1) is 0 Å². The van der Waals surface area contributed by atoms with E-state index >= 15 is 0 Å². The van der Waals surface area contributed by atoms with Crippen LogP contribution in [0.4, 0.5) is 5.69 Å². The van der Waals surface area contributed by atoms with Crippen molar-refractivity contribution in [3.63, 3.8) is 0 Å². The van der Waals surface area contributed by atoms with Crippen molar-refractivity contribution >= 4 is 5.69 Å². The Labute approximate surface area is 158 Å². The van der Waals surface area contributed by atoms with Crippen molar-refractivity contribution in [1.29, 1.82) is 0 Å². The summed E-state index contributed by atoms with van der Waals surface area (Å²) in [5.74, 6) is 2.64. The number of hydrogen-bond donors (Lipinski definition) is 1. The summed E-state index contributed by atoms with van der Waals surface area (Å²) in [6, 6.07) is 15.6. The van der Waals surface area contributed by atoms with Gasteiger partial charge in [-0.1, -0.05) is 23.4 Å². The fraction of sp³-hybridized carbons (Fsp3) is 0.333. The van der Waals surface area contributed by atoms with Crippen LogP contribution in [0.1, 0.15) is 31.6 Å². The summed E-state index contributed by atoms with van der Waals surface area (Å²) in [7, 11) is 1.63. The minimum Gasteiger partial charge on any atom is -0.496 e. The number of methoxy groups -OCH3 is 1. The monoisotopic (exact) mass is 365 g/mol. The van der Waals surface area contributed by atoms with E-state index in [0.29, 0.717) is 24.4 Å². The molecule has 0 unspecified atom stereocenters. The molecule has 140 valence electrons. The van der Waals surface area contributed by atoms with E-state index < -0.39 is 0 Å². The van der Waals surface area contributed by atoms with Crippen molar-refractivity contribution in [3.8, 4) is 22.9 Å². The van der Waals surface area contributed by atoms with E-state index in [-0.39, 0.29) is 0 Å². The van der Waals surface area contributed by atoms with Crippen LogP contribution in [0.5, 0.6) is 11.5 Å². The summed E-state index contributed by atoms with van der Waals surface area (Å²) in [5.41, 5.74) is 1.77. The lowest BCUT2D eigenvalue weighted by molar-refractivity contribution is 0.210. The van der Waals surface area contributed by atoms with Gasteiger partial charge in [0.15, 0.2) is 0 Å². The predicted molar refractivity (Wildman–Crippen MR) is 103 cm³/mol. The summed E-state index contributed by atoms with van der Waals surface area (Å²) < 4.78 is 16.8. The van der Waals surface area contributed by atoms with Gasteiger partial charge in [0.1, 0.15) is 11.5 Å². The smallest absolute Gasteiger partial charge is 0.246 e. The molecule has 1 saturated carbocycles. The molecule has 0 radical (unpaired) electrons. The fourth-order valence-corrected chi connectivity index (χ4v) is 3.32.